The largest absolute Gasteiger partial charge is 2.00 e. The zero-order chi connectivity index (χ0) is 39.3. The molecule has 0 fully saturated rings. The summed E-state index contributed by atoms with van der Waals surface area (Å²) < 4.78 is 4.75. The molecular weight excluding hydrogens is 948 g/mol. The van der Waals surface area contributed by atoms with Crippen LogP contribution in [0.2, 0.25) is 0 Å². The number of hydrogen-bond acceptors (Lipinski definition) is 4. The van der Waals surface area contributed by atoms with Crippen molar-refractivity contribution in [2.75, 3.05) is 4.90 Å². The van der Waals surface area contributed by atoms with Crippen molar-refractivity contribution in [2.45, 2.75) is 19.3 Å². The molecule has 5 heterocycles. The molecule has 0 amide bonds. The van der Waals surface area contributed by atoms with E-state index in [1.807, 2.05) is 23.7 Å². The Balaban J connectivity index is 0.00000408. The summed E-state index contributed by atoms with van der Waals surface area (Å²) in [7, 11) is -3.13. The van der Waals surface area contributed by atoms with E-state index in [1.165, 1.54) is 52.7 Å². The van der Waals surface area contributed by atoms with E-state index in [0.717, 1.165) is 43.8 Å². The van der Waals surface area contributed by atoms with Crippen LogP contribution in [0.25, 0.3) is 47.5 Å². The zero-order valence-corrected chi connectivity index (χ0v) is 36.9. The van der Waals surface area contributed by atoms with Crippen LogP contribution in [-0.4, -0.2) is 22.4 Å². The SMILES string of the molecule is CC1(C)c2cccnc2N(c2[c-]c([Si](c3[c-]c4c(cc3)c3ccccc3n3ccnc43)(c3ccccc3)c3ccccc3)ccc2)c2c1ccc1c2sc2ccccc21.[Pt+2]. The zero-order valence-electron chi connectivity index (χ0n) is 32.8. The van der Waals surface area contributed by atoms with E-state index in [4.69, 9.17) is 9.97 Å². The number of pyridine rings is 2. The number of aromatic nitrogens is 3. The Bertz CT molecular complexity index is 3410. The maximum absolute atomic E-state index is 5.19. The molecule has 0 saturated heterocycles. The maximum Gasteiger partial charge on any atom is 2.00 e. The minimum Gasteiger partial charge on any atom is -0.340 e. The van der Waals surface area contributed by atoms with Gasteiger partial charge in [-0.25, -0.2) is 4.98 Å². The minimum atomic E-state index is -3.13. The summed E-state index contributed by atoms with van der Waals surface area (Å²) in [4.78, 5) is 12.5. The van der Waals surface area contributed by atoms with Crippen molar-refractivity contribution < 1.29 is 21.1 Å². The van der Waals surface area contributed by atoms with E-state index >= 15 is 0 Å². The fourth-order valence-electron chi connectivity index (χ4n) is 9.87. The Labute approximate surface area is 367 Å². The first-order chi connectivity index (χ1) is 29.0. The molecule has 7 aromatic carbocycles. The molecule has 0 unspecified atom stereocenters. The van der Waals surface area contributed by atoms with Gasteiger partial charge < -0.3 is 9.30 Å². The third-order valence-corrected chi connectivity index (χ3v) is 18.4. The molecule has 4 nitrogen and oxygen atoms in total. The Kier molecular flexibility index (Phi) is 8.58. The fraction of sp³-hybridized carbons (Fsp3) is 0.0566. The van der Waals surface area contributed by atoms with Gasteiger partial charge in [-0.3, -0.25) is 4.98 Å². The first kappa shape index (κ1) is 36.9. The number of imidazole rings is 1. The summed E-state index contributed by atoms with van der Waals surface area (Å²) in [6, 6.07) is 68.1. The number of para-hydroxylation sites is 1. The number of thiophene rings is 1. The molecule has 0 atom stereocenters. The van der Waals surface area contributed by atoms with E-state index in [2.05, 4.69) is 205 Å². The van der Waals surface area contributed by atoms with Crippen LogP contribution in [0.3, 0.4) is 0 Å². The molecule has 0 radical (unpaired) electrons. The van der Waals surface area contributed by atoms with Crippen LogP contribution in [0.4, 0.5) is 17.2 Å². The smallest absolute Gasteiger partial charge is 0.340 e. The summed E-state index contributed by atoms with van der Waals surface area (Å²) in [6.07, 6.45) is 5.89. The second kappa shape index (κ2) is 14.0. The molecule has 0 saturated carbocycles. The topological polar surface area (TPSA) is 33.4 Å². The van der Waals surface area contributed by atoms with Gasteiger partial charge in [0.05, 0.1) is 16.0 Å². The van der Waals surface area contributed by atoms with Crippen LogP contribution in [0.1, 0.15) is 25.0 Å². The third-order valence-electron chi connectivity index (χ3n) is 12.6. The average Bonchev–Trinajstić information content (AvgIpc) is 3.94. The number of anilines is 3. The monoisotopic (exact) mass is 983 g/mol. The van der Waals surface area contributed by atoms with Crippen molar-refractivity contribution >= 4 is 105 Å². The normalized spacial score (nSPS) is 13.5. The van der Waals surface area contributed by atoms with Gasteiger partial charge in [-0.15, -0.1) is 46.2 Å². The number of fused-ring (bicyclic) bond motifs is 12. The first-order valence-corrected chi connectivity index (χ1v) is 22.9. The van der Waals surface area contributed by atoms with E-state index in [-0.39, 0.29) is 26.5 Å². The number of hydrogen-bond donors (Lipinski definition) is 0. The Morgan fingerprint density at radius 3 is 2.07 bits per heavy atom. The molecule has 12 rings (SSSR count). The molecule has 0 N–H and O–H groups in total. The van der Waals surface area contributed by atoms with Crippen molar-refractivity contribution in [3.8, 4) is 0 Å². The van der Waals surface area contributed by atoms with E-state index in [9.17, 15) is 0 Å². The molecule has 0 aliphatic carbocycles. The second-order valence-electron chi connectivity index (χ2n) is 16.0. The predicted molar refractivity (Wildman–Crippen MR) is 249 cm³/mol. The summed E-state index contributed by atoms with van der Waals surface area (Å²) in [6.45, 7) is 4.67. The second-order valence-corrected chi connectivity index (χ2v) is 20.8. The number of nitrogens with zero attached hydrogens (tertiary/aromatic N) is 4. The Hall–Kier alpha value is -6.17. The quantitative estimate of drug-likeness (QED) is 0.0746. The van der Waals surface area contributed by atoms with E-state index < -0.39 is 8.07 Å². The predicted octanol–water partition coefficient (Wildman–Crippen LogP) is 10.5. The van der Waals surface area contributed by atoms with Gasteiger partial charge in [0.15, 0.2) is 0 Å². The molecule has 0 spiro atoms. The van der Waals surface area contributed by atoms with Gasteiger partial charge in [-0.1, -0.05) is 140 Å². The van der Waals surface area contributed by atoms with E-state index in [1.54, 1.807) is 0 Å². The van der Waals surface area contributed by atoms with Crippen molar-refractivity contribution in [1.82, 2.24) is 14.4 Å². The fourth-order valence-corrected chi connectivity index (χ4v) is 15.7. The molecule has 60 heavy (non-hydrogen) atoms. The minimum absolute atomic E-state index is 0. The van der Waals surface area contributed by atoms with Crippen LogP contribution in [0.5, 0.6) is 0 Å². The van der Waals surface area contributed by atoms with Crippen LogP contribution in [0.15, 0.2) is 182 Å². The Morgan fingerprint density at radius 1 is 0.567 bits per heavy atom. The van der Waals surface area contributed by atoms with Gasteiger partial charge in [-0.05, 0) is 39.5 Å². The molecule has 11 aromatic rings. The van der Waals surface area contributed by atoms with Crippen LogP contribution in [0, 0.1) is 12.1 Å². The molecule has 0 bridgehead atoms. The van der Waals surface area contributed by atoms with Crippen molar-refractivity contribution in [1.29, 1.82) is 0 Å². The van der Waals surface area contributed by atoms with Crippen molar-refractivity contribution in [3.63, 3.8) is 0 Å². The summed E-state index contributed by atoms with van der Waals surface area (Å²) in [5.41, 5.74) is 6.40. The van der Waals surface area contributed by atoms with Crippen molar-refractivity contribution in [2.24, 2.45) is 0 Å². The molecule has 1 aliphatic heterocycles. The summed E-state index contributed by atoms with van der Waals surface area (Å²) in [5, 5.41) is 10.7. The van der Waals surface area contributed by atoms with E-state index in [0.29, 0.717) is 0 Å². The molecule has 4 aromatic heterocycles. The first-order valence-electron chi connectivity index (χ1n) is 20.1. The molecule has 1 aliphatic rings. The molecular formula is C53H36N4PtSSi. The number of rotatable bonds is 5. The molecule has 7 heteroatoms. The maximum atomic E-state index is 5.19. The third kappa shape index (κ3) is 5.18. The van der Waals surface area contributed by atoms with Gasteiger partial charge in [0, 0.05) is 50.6 Å². The number of benzene rings is 7. The summed E-state index contributed by atoms with van der Waals surface area (Å²) in [5.74, 6) is 0.945. The molecule has 288 valence electrons. The standard InChI is InChI=1S/C53H36N4SSi.Pt/c1-53(2)45-29-28-43-42-22-10-12-25-48(42)58-50(43)49(45)57(52-46(53)23-14-30-54-52)35-15-13-20-38(33-35)59(36-16-5-3-6-17-36,37-18-7-4-8-19-37)39-26-27-40-41-21-9-11-24-47(41)56-32-31-55-51(56)44(40)34-39;/h3-32H,1-2H3;/q-2;+2. The van der Waals surface area contributed by atoms with Crippen LogP contribution in [-0.2, 0) is 26.5 Å². The van der Waals surface area contributed by atoms with Crippen molar-refractivity contribution in [3.05, 3.63) is 206 Å². The van der Waals surface area contributed by atoms with Gasteiger partial charge in [0.2, 0.25) is 0 Å². The van der Waals surface area contributed by atoms with Gasteiger partial charge in [0.25, 0.3) is 0 Å². The van der Waals surface area contributed by atoms with Crippen LogP contribution >= 0.6 is 11.3 Å². The summed E-state index contributed by atoms with van der Waals surface area (Å²) >= 11 is 1.87. The van der Waals surface area contributed by atoms with Gasteiger partial charge in [0.1, 0.15) is 13.9 Å². The average molecular weight is 984 g/mol. The van der Waals surface area contributed by atoms with Gasteiger partial charge >= 0.3 is 21.1 Å². The Morgan fingerprint density at radius 2 is 1.27 bits per heavy atom. The van der Waals surface area contributed by atoms with Crippen LogP contribution < -0.4 is 25.6 Å². The van der Waals surface area contributed by atoms with Gasteiger partial charge in [-0.2, -0.15) is 23.4 Å².